The lowest BCUT2D eigenvalue weighted by atomic mass is 9.97. The van der Waals surface area contributed by atoms with Crippen molar-refractivity contribution < 1.29 is 23.8 Å². The van der Waals surface area contributed by atoms with Crippen molar-refractivity contribution in [2.75, 3.05) is 47.1 Å². The van der Waals surface area contributed by atoms with Crippen LogP contribution in [0.15, 0.2) is 18.3 Å². The van der Waals surface area contributed by atoms with E-state index in [1.54, 1.807) is 37.4 Å². The van der Waals surface area contributed by atoms with E-state index in [0.29, 0.717) is 31.2 Å². The molecule has 25 heavy (non-hydrogen) atoms. The molecule has 1 N–H and O–H groups in total. The maximum atomic E-state index is 13.0. The lowest BCUT2D eigenvalue weighted by Gasteiger charge is -2.42. The molecule has 1 fully saturated rings. The molecule has 1 aliphatic heterocycles. The van der Waals surface area contributed by atoms with E-state index in [9.17, 15) is 9.59 Å². The van der Waals surface area contributed by atoms with Crippen LogP contribution in [0.5, 0.6) is 5.88 Å². The van der Waals surface area contributed by atoms with Gasteiger partial charge in [0.1, 0.15) is 11.2 Å². The van der Waals surface area contributed by atoms with Crippen LogP contribution in [0.4, 0.5) is 0 Å². The van der Waals surface area contributed by atoms with Gasteiger partial charge in [-0.25, -0.2) is 4.98 Å². The van der Waals surface area contributed by atoms with Crippen LogP contribution in [0.1, 0.15) is 23.7 Å². The van der Waals surface area contributed by atoms with Crippen LogP contribution < -0.4 is 10.1 Å². The second-order valence-corrected chi connectivity index (χ2v) is 5.83. The fraction of sp³-hybridized carbons (Fsp3) is 0.588. The third kappa shape index (κ3) is 4.67. The molecule has 2 amide bonds. The molecular weight excluding hydrogens is 326 g/mol. The van der Waals surface area contributed by atoms with Gasteiger partial charge in [0, 0.05) is 26.9 Å². The molecule has 138 valence electrons. The van der Waals surface area contributed by atoms with Gasteiger partial charge in [-0.15, -0.1) is 0 Å². The van der Waals surface area contributed by atoms with Crippen LogP contribution in [0.2, 0.25) is 0 Å². The van der Waals surface area contributed by atoms with Gasteiger partial charge in [-0.3, -0.25) is 9.59 Å². The highest BCUT2D eigenvalue weighted by Crippen LogP contribution is 2.25. The lowest BCUT2D eigenvalue weighted by molar-refractivity contribution is -0.150. The largest absolute Gasteiger partial charge is 0.477 e. The molecule has 0 saturated carbocycles. The van der Waals surface area contributed by atoms with E-state index >= 15 is 0 Å². The highest BCUT2D eigenvalue weighted by molar-refractivity contribution is 5.96. The predicted octanol–water partition coefficient (Wildman–Crippen LogP) is 0.474. The van der Waals surface area contributed by atoms with Gasteiger partial charge in [-0.2, -0.15) is 0 Å². The van der Waals surface area contributed by atoms with E-state index in [1.165, 1.54) is 0 Å². The Labute approximate surface area is 147 Å². The van der Waals surface area contributed by atoms with Crippen LogP contribution in [0.3, 0.4) is 0 Å². The van der Waals surface area contributed by atoms with Crippen LogP contribution >= 0.6 is 0 Å². The Bertz CT molecular complexity index is 606. The van der Waals surface area contributed by atoms with E-state index in [4.69, 9.17) is 14.2 Å². The van der Waals surface area contributed by atoms with Crippen molar-refractivity contribution in [1.82, 2.24) is 15.2 Å². The molecule has 0 bridgehead atoms. The second kappa shape index (κ2) is 8.77. The smallest absolute Gasteiger partial charge is 0.259 e. The van der Waals surface area contributed by atoms with Gasteiger partial charge in [0.15, 0.2) is 0 Å². The first-order valence-corrected chi connectivity index (χ1v) is 8.26. The van der Waals surface area contributed by atoms with Gasteiger partial charge in [0.2, 0.25) is 11.8 Å². The minimum atomic E-state index is -0.864. The molecule has 1 aliphatic rings. The van der Waals surface area contributed by atoms with Crippen molar-refractivity contribution in [3.63, 3.8) is 0 Å². The van der Waals surface area contributed by atoms with Crippen LogP contribution in [0.25, 0.3) is 0 Å². The Hall–Kier alpha value is -2.19. The van der Waals surface area contributed by atoms with Crippen LogP contribution in [-0.2, 0) is 14.3 Å². The summed E-state index contributed by atoms with van der Waals surface area (Å²) in [5.41, 5.74) is -0.464. The molecule has 0 aromatic carbocycles. The number of carbonyl (C=O) groups excluding carboxylic acids is 2. The molecule has 1 aromatic rings. The fourth-order valence-electron chi connectivity index (χ4n) is 2.88. The lowest BCUT2D eigenvalue weighted by Crippen LogP contribution is -2.57. The minimum absolute atomic E-state index is 0.118. The quantitative estimate of drug-likeness (QED) is 0.768. The van der Waals surface area contributed by atoms with Crippen LogP contribution in [-0.4, -0.2) is 74.4 Å². The number of pyridine rings is 1. The van der Waals surface area contributed by atoms with E-state index < -0.39 is 5.60 Å². The van der Waals surface area contributed by atoms with Crippen molar-refractivity contribution in [3.8, 4) is 5.88 Å². The predicted molar refractivity (Wildman–Crippen MR) is 90.6 cm³/mol. The summed E-state index contributed by atoms with van der Waals surface area (Å²) in [5, 5.41) is 2.59. The van der Waals surface area contributed by atoms with Crippen molar-refractivity contribution in [3.05, 3.63) is 23.9 Å². The summed E-state index contributed by atoms with van der Waals surface area (Å²) >= 11 is 0. The number of nitrogens with zero attached hydrogens (tertiary/aromatic N) is 2. The van der Waals surface area contributed by atoms with Gasteiger partial charge in [-0.1, -0.05) is 0 Å². The molecule has 2 heterocycles. The molecule has 0 spiro atoms. The highest BCUT2D eigenvalue weighted by Gasteiger charge is 2.41. The Balaban J connectivity index is 2.21. The molecule has 1 aromatic heterocycles. The molecule has 1 saturated heterocycles. The van der Waals surface area contributed by atoms with E-state index in [1.807, 2.05) is 6.92 Å². The summed E-state index contributed by atoms with van der Waals surface area (Å²) in [7, 11) is 3.11. The van der Waals surface area contributed by atoms with E-state index in [2.05, 4.69) is 10.3 Å². The average Bonchev–Trinajstić information content (AvgIpc) is 2.62. The monoisotopic (exact) mass is 351 g/mol. The Morgan fingerprint density at radius 3 is 2.96 bits per heavy atom. The number of morpholine rings is 1. The molecule has 1 atom stereocenters. The summed E-state index contributed by atoms with van der Waals surface area (Å²) in [4.78, 5) is 30.6. The maximum absolute atomic E-state index is 13.0. The summed E-state index contributed by atoms with van der Waals surface area (Å²) in [6, 6.07) is 3.38. The first-order valence-electron chi connectivity index (χ1n) is 8.26. The van der Waals surface area contributed by atoms with E-state index in [0.717, 1.165) is 0 Å². The number of nitrogens with one attached hydrogen (secondary N) is 1. The molecule has 8 nitrogen and oxygen atoms in total. The Kier molecular flexibility index (Phi) is 6.72. The zero-order chi connectivity index (χ0) is 18.3. The number of rotatable bonds is 7. The average molecular weight is 351 g/mol. The standard InChI is InChI=1S/C17H25N3O5/c1-4-24-15-13(6-5-7-19-15)16(22)20-8-9-25-17(11-20,12-23-3)10-14(21)18-2/h5-7H,4,8-12H2,1-3H3,(H,18,21). The van der Waals surface area contributed by atoms with Gasteiger partial charge in [0.05, 0.1) is 32.8 Å². The molecular formula is C17H25N3O5. The molecule has 1 unspecified atom stereocenters. The molecule has 0 aliphatic carbocycles. The van der Waals surface area contributed by atoms with Crippen molar-refractivity contribution in [1.29, 1.82) is 0 Å². The van der Waals surface area contributed by atoms with Gasteiger partial charge < -0.3 is 24.4 Å². The zero-order valence-electron chi connectivity index (χ0n) is 14.9. The number of hydrogen-bond donors (Lipinski definition) is 1. The third-order valence-electron chi connectivity index (χ3n) is 3.99. The summed E-state index contributed by atoms with van der Waals surface area (Å²) in [6.45, 7) is 3.49. The van der Waals surface area contributed by atoms with Crippen molar-refractivity contribution in [2.45, 2.75) is 18.9 Å². The topological polar surface area (TPSA) is 90.0 Å². The van der Waals surface area contributed by atoms with Crippen molar-refractivity contribution >= 4 is 11.8 Å². The normalized spacial score (nSPS) is 20.2. The maximum Gasteiger partial charge on any atom is 0.259 e. The summed E-state index contributed by atoms with van der Waals surface area (Å²) in [5.74, 6) is -0.0508. The Morgan fingerprint density at radius 2 is 2.28 bits per heavy atom. The van der Waals surface area contributed by atoms with Gasteiger partial charge in [-0.05, 0) is 19.1 Å². The molecule has 2 rings (SSSR count). The first kappa shape index (κ1) is 19.1. The van der Waals surface area contributed by atoms with Crippen molar-refractivity contribution in [2.24, 2.45) is 0 Å². The number of amides is 2. The number of methoxy groups -OCH3 is 1. The Morgan fingerprint density at radius 1 is 1.48 bits per heavy atom. The number of carbonyl (C=O) groups is 2. The number of hydrogen-bond acceptors (Lipinski definition) is 6. The minimum Gasteiger partial charge on any atom is -0.477 e. The zero-order valence-corrected chi connectivity index (χ0v) is 14.9. The first-order chi connectivity index (χ1) is 12.0. The molecule has 8 heteroatoms. The third-order valence-corrected chi connectivity index (χ3v) is 3.99. The fourth-order valence-corrected chi connectivity index (χ4v) is 2.88. The number of ether oxygens (including phenoxy) is 3. The van der Waals surface area contributed by atoms with E-state index in [-0.39, 0.29) is 31.4 Å². The SMILES string of the molecule is CCOc1ncccc1C(=O)N1CCOC(COC)(CC(=O)NC)C1. The second-order valence-electron chi connectivity index (χ2n) is 5.83. The van der Waals surface area contributed by atoms with Gasteiger partial charge in [0.25, 0.3) is 5.91 Å². The number of aromatic nitrogens is 1. The summed E-state index contributed by atoms with van der Waals surface area (Å²) < 4.78 is 16.5. The summed E-state index contributed by atoms with van der Waals surface area (Å²) in [6.07, 6.45) is 1.70. The van der Waals surface area contributed by atoms with Gasteiger partial charge >= 0.3 is 0 Å². The highest BCUT2D eigenvalue weighted by atomic mass is 16.5. The van der Waals surface area contributed by atoms with Crippen LogP contribution in [0, 0.1) is 0 Å². The molecule has 0 radical (unpaired) electrons.